The van der Waals surface area contributed by atoms with Crippen LogP contribution < -0.4 is 5.32 Å². The van der Waals surface area contributed by atoms with E-state index in [1.807, 2.05) is 11.3 Å². The van der Waals surface area contributed by atoms with Gasteiger partial charge in [-0.2, -0.15) is 0 Å². The number of fused-ring (bicyclic) bond motifs is 1. The van der Waals surface area contributed by atoms with Crippen molar-refractivity contribution in [3.63, 3.8) is 0 Å². The maximum atomic E-state index is 12.0. The summed E-state index contributed by atoms with van der Waals surface area (Å²) in [6, 6.07) is 2.22. The molecule has 2 aliphatic rings. The number of amides is 1. The van der Waals surface area contributed by atoms with E-state index in [4.69, 9.17) is 0 Å². The Labute approximate surface area is 120 Å². The van der Waals surface area contributed by atoms with E-state index in [-0.39, 0.29) is 11.7 Å². The molecule has 0 aliphatic heterocycles. The van der Waals surface area contributed by atoms with Crippen LogP contribution in [0.25, 0.3) is 0 Å². The first-order valence-electron chi connectivity index (χ1n) is 7.10. The van der Waals surface area contributed by atoms with Gasteiger partial charge in [-0.1, -0.05) is 0 Å². The number of H-pyrrole nitrogens is 1. The maximum Gasteiger partial charge on any atom is 0.291 e. The molecule has 20 heavy (non-hydrogen) atoms. The highest BCUT2D eigenvalue weighted by Gasteiger charge is 2.28. The molecule has 4 rings (SSSR count). The molecular weight excluding hydrogens is 272 g/mol. The molecule has 1 saturated carbocycles. The molecule has 0 spiro atoms. The van der Waals surface area contributed by atoms with Gasteiger partial charge in [-0.3, -0.25) is 9.89 Å². The van der Waals surface area contributed by atoms with E-state index in [1.54, 1.807) is 0 Å². The molecule has 6 heteroatoms. The van der Waals surface area contributed by atoms with Crippen molar-refractivity contribution < 1.29 is 4.79 Å². The Kier molecular flexibility index (Phi) is 2.84. The van der Waals surface area contributed by atoms with Crippen LogP contribution in [-0.2, 0) is 19.4 Å². The summed E-state index contributed by atoms with van der Waals surface area (Å²) in [6.07, 6.45) is 5.95. The highest BCUT2D eigenvalue weighted by molar-refractivity contribution is 7.12. The number of thiophene rings is 1. The zero-order valence-electron chi connectivity index (χ0n) is 11.1. The lowest BCUT2D eigenvalue weighted by molar-refractivity contribution is 0.0941. The van der Waals surface area contributed by atoms with Gasteiger partial charge in [-0.25, -0.2) is 4.98 Å². The van der Waals surface area contributed by atoms with E-state index < -0.39 is 0 Å². The second-order valence-corrected chi connectivity index (χ2v) is 6.74. The number of nitrogens with one attached hydrogen (secondary N) is 2. The van der Waals surface area contributed by atoms with E-state index in [0.717, 1.165) is 18.7 Å². The van der Waals surface area contributed by atoms with Crippen molar-refractivity contribution in [2.75, 3.05) is 0 Å². The third-order valence-electron chi connectivity index (χ3n) is 3.89. The molecule has 1 amide bonds. The summed E-state index contributed by atoms with van der Waals surface area (Å²) in [7, 11) is 0. The Balaban J connectivity index is 1.38. The number of hydrogen-bond donors (Lipinski definition) is 2. The standard InChI is InChI=1S/C14H16N4OS/c19-14(13-16-12(17-18-13)8-4-5-8)15-7-10-6-9-2-1-3-11(9)20-10/h6,8H,1-5,7H2,(H,15,19)(H,16,17,18). The van der Waals surface area contributed by atoms with Crippen LogP contribution in [0, 0.1) is 0 Å². The molecule has 2 aliphatic carbocycles. The summed E-state index contributed by atoms with van der Waals surface area (Å²) < 4.78 is 0. The fourth-order valence-electron chi connectivity index (χ4n) is 2.64. The van der Waals surface area contributed by atoms with Gasteiger partial charge in [0.2, 0.25) is 5.82 Å². The van der Waals surface area contributed by atoms with E-state index >= 15 is 0 Å². The lowest BCUT2D eigenvalue weighted by Crippen LogP contribution is -2.23. The van der Waals surface area contributed by atoms with Gasteiger partial charge in [0.05, 0.1) is 6.54 Å². The van der Waals surface area contributed by atoms with Crippen LogP contribution in [0.15, 0.2) is 6.07 Å². The summed E-state index contributed by atoms with van der Waals surface area (Å²) in [4.78, 5) is 19.0. The van der Waals surface area contributed by atoms with Crippen molar-refractivity contribution in [1.82, 2.24) is 20.5 Å². The van der Waals surface area contributed by atoms with E-state index in [2.05, 4.69) is 26.6 Å². The fourth-order valence-corrected chi connectivity index (χ4v) is 3.84. The molecule has 2 heterocycles. The third-order valence-corrected chi connectivity index (χ3v) is 5.13. The Hall–Kier alpha value is -1.69. The predicted octanol–water partition coefficient (Wildman–Crippen LogP) is 2.16. The van der Waals surface area contributed by atoms with Crippen LogP contribution in [-0.4, -0.2) is 21.1 Å². The summed E-state index contributed by atoms with van der Waals surface area (Å²) in [5, 5.41) is 9.76. The van der Waals surface area contributed by atoms with Gasteiger partial charge in [-0.05, 0) is 43.7 Å². The number of aryl methyl sites for hydroxylation is 2. The largest absolute Gasteiger partial charge is 0.344 e. The molecule has 0 atom stereocenters. The predicted molar refractivity (Wildman–Crippen MR) is 75.9 cm³/mol. The topological polar surface area (TPSA) is 70.7 Å². The quantitative estimate of drug-likeness (QED) is 0.905. The molecule has 0 radical (unpaired) electrons. The first kappa shape index (κ1) is 12.1. The minimum atomic E-state index is -0.193. The van der Waals surface area contributed by atoms with Crippen molar-refractivity contribution in [3.05, 3.63) is 33.0 Å². The number of carbonyl (C=O) groups is 1. The Morgan fingerprint density at radius 3 is 3.15 bits per heavy atom. The molecule has 0 aromatic carbocycles. The normalized spacial score (nSPS) is 17.2. The Bertz CT molecular complexity index is 634. The SMILES string of the molecule is O=C(NCc1cc2c(s1)CCC2)c1n[nH]c(C2CC2)n1. The summed E-state index contributed by atoms with van der Waals surface area (Å²) in [5.41, 5.74) is 1.47. The zero-order chi connectivity index (χ0) is 13.5. The molecular formula is C14H16N4OS. The summed E-state index contributed by atoms with van der Waals surface area (Å²) in [6.45, 7) is 0.573. The number of nitrogens with zero attached hydrogens (tertiary/aromatic N) is 2. The van der Waals surface area contributed by atoms with Gasteiger partial charge in [0.15, 0.2) is 0 Å². The van der Waals surface area contributed by atoms with E-state index in [9.17, 15) is 4.79 Å². The number of rotatable bonds is 4. The van der Waals surface area contributed by atoms with Gasteiger partial charge >= 0.3 is 0 Å². The van der Waals surface area contributed by atoms with Crippen LogP contribution >= 0.6 is 11.3 Å². The van der Waals surface area contributed by atoms with Crippen LogP contribution in [0.4, 0.5) is 0 Å². The van der Waals surface area contributed by atoms with Crippen molar-refractivity contribution in [3.8, 4) is 0 Å². The number of hydrogen-bond acceptors (Lipinski definition) is 4. The maximum absolute atomic E-state index is 12.0. The zero-order valence-corrected chi connectivity index (χ0v) is 11.9. The molecule has 0 bridgehead atoms. The monoisotopic (exact) mass is 288 g/mol. The first-order valence-corrected chi connectivity index (χ1v) is 7.92. The second-order valence-electron chi connectivity index (χ2n) is 5.52. The highest BCUT2D eigenvalue weighted by Crippen LogP contribution is 2.37. The highest BCUT2D eigenvalue weighted by atomic mass is 32.1. The Morgan fingerprint density at radius 2 is 2.35 bits per heavy atom. The molecule has 2 aromatic heterocycles. The number of aromatic nitrogens is 3. The fraction of sp³-hybridized carbons (Fsp3) is 0.500. The average Bonchev–Trinajstić information content (AvgIpc) is 2.89. The minimum absolute atomic E-state index is 0.193. The summed E-state index contributed by atoms with van der Waals surface area (Å²) >= 11 is 1.82. The van der Waals surface area contributed by atoms with E-state index in [0.29, 0.717) is 12.5 Å². The van der Waals surface area contributed by atoms with Crippen molar-refractivity contribution >= 4 is 17.2 Å². The second kappa shape index (κ2) is 4.70. The van der Waals surface area contributed by atoms with Crippen molar-refractivity contribution in [2.45, 2.75) is 44.6 Å². The minimum Gasteiger partial charge on any atom is -0.344 e. The van der Waals surface area contributed by atoms with Crippen molar-refractivity contribution in [1.29, 1.82) is 0 Å². The van der Waals surface area contributed by atoms with Crippen molar-refractivity contribution in [2.24, 2.45) is 0 Å². The van der Waals surface area contributed by atoms with Crippen LogP contribution in [0.1, 0.15) is 56.9 Å². The Morgan fingerprint density at radius 1 is 1.45 bits per heavy atom. The number of aromatic amines is 1. The lowest BCUT2D eigenvalue weighted by atomic mass is 10.2. The van der Waals surface area contributed by atoms with Gasteiger partial charge in [-0.15, -0.1) is 16.4 Å². The van der Waals surface area contributed by atoms with Crippen LogP contribution in [0.3, 0.4) is 0 Å². The van der Waals surface area contributed by atoms with Crippen LogP contribution in [0.5, 0.6) is 0 Å². The lowest BCUT2D eigenvalue weighted by Gasteiger charge is -1.99. The van der Waals surface area contributed by atoms with Gasteiger partial charge in [0, 0.05) is 15.7 Å². The first-order chi connectivity index (χ1) is 9.79. The molecule has 5 nitrogen and oxygen atoms in total. The molecule has 2 N–H and O–H groups in total. The van der Waals surface area contributed by atoms with Gasteiger partial charge in [0.25, 0.3) is 5.91 Å². The summed E-state index contributed by atoms with van der Waals surface area (Å²) in [5.74, 6) is 1.41. The molecule has 2 aromatic rings. The average molecular weight is 288 g/mol. The third kappa shape index (κ3) is 2.24. The molecule has 0 unspecified atom stereocenters. The molecule has 0 saturated heterocycles. The van der Waals surface area contributed by atoms with Crippen LogP contribution in [0.2, 0.25) is 0 Å². The van der Waals surface area contributed by atoms with Gasteiger partial charge in [0.1, 0.15) is 5.82 Å². The molecule has 1 fully saturated rings. The number of carbonyl (C=O) groups excluding carboxylic acids is 1. The smallest absolute Gasteiger partial charge is 0.291 e. The van der Waals surface area contributed by atoms with E-state index in [1.165, 1.54) is 34.6 Å². The van der Waals surface area contributed by atoms with Gasteiger partial charge < -0.3 is 5.32 Å². The molecule has 104 valence electrons.